The smallest absolute Gasteiger partial charge is 0.307 e. The highest BCUT2D eigenvalue weighted by Gasteiger charge is 2.37. The molecule has 3 rings (SSSR count). The molecule has 7 nitrogen and oxygen atoms in total. The van der Waals surface area contributed by atoms with Crippen LogP contribution in [0, 0.1) is 0 Å². The van der Waals surface area contributed by atoms with Crippen molar-refractivity contribution < 1.29 is 13.2 Å². The first-order valence-electron chi connectivity index (χ1n) is 12.1. The molecule has 2 aliphatic heterocycles. The summed E-state index contributed by atoms with van der Waals surface area (Å²) in [6.45, 7) is 14.7. The van der Waals surface area contributed by atoms with Gasteiger partial charge in [0.25, 0.3) is 0 Å². The molecule has 2 N–H and O–H groups in total. The number of rotatable bonds is 7. The first-order valence-corrected chi connectivity index (χ1v) is 14.1. The number of urea groups is 1. The molecule has 33 heavy (non-hydrogen) atoms. The Kier molecular flexibility index (Phi) is 8.70. The molecule has 2 saturated heterocycles. The molecule has 0 aliphatic carbocycles. The van der Waals surface area contributed by atoms with Crippen LogP contribution in [0.15, 0.2) is 12.1 Å². The number of amides is 2. The van der Waals surface area contributed by atoms with Crippen molar-refractivity contribution in [3.8, 4) is 0 Å². The second-order valence-corrected chi connectivity index (χ2v) is 12.3. The number of likely N-dealkylation sites (tertiary alicyclic amines) is 2. The second kappa shape index (κ2) is 10.9. The number of carbonyl (C=O) groups is 1. The van der Waals surface area contributed by atoms with Crippen LogP contribution in [0.5, 0.6) is 0 Å². The van der Waals surface area contributed by atoms with Gasteiger partial charge in [-0.15, -0.1) is 0 Å². The number of halogens is 1. The molecule has 2 fully saturated rings. The van der Waals surface area contributed by atoms with Gasteiger partial charge in [0, 0.05) is 23.3 Å². The first kappa shape index (κ1) is 26.3. The van der Waals surface area contributed by atoms with Crippen LogP contribution < -0.4 is 10.0 Å². The number of hydrogen-bond acceptors (Lipinski definition) is 5. The first-order chi connectivity index (χ1) is 15.5. The molecule has 0 bridgehead atoms. The van der Waals surface area contributed by atoms with Gasteiger partial charge in [-0.25, -0.2) is 17.9 Å². The lowest BCUT2D eigenvalue weighted by Crippen LogP contribution is -2.46. The van der Waals surface area contributed by atoms with Gasteiger partial charge in [-0.1, -0.05) is 46.2 Å². The number of sulfonamides is 1. The lowest BCUT2D eigenvalue weighted by atomic mass is 9.92. The van der Waals surface area contributed by atoms with Gasteiger partial charge in [0.2, 0.25) is 10.0 Å². The molecule has 1 unspecified atom stereocenters. The standard InChI is InChI=1S/C24H39ClN4O3S/c1-6-28-10-7-19(8-11-28)29-12-9-20(15-29)33(31,32)27-24(30)26-23-21(16(2)3)13-18(25)14-22(23)17(4)5/h13-14,16-17,19-20H,6-12,15H2,1-5H3,(H2,26,27,30). The Morgan fingerprint density at radius 1 is 1.06 bits per heavy atom. The summed E-state index contributed by atoms with van der Waals surface area (Å²) in [5.41, 5.74) is 2.43. The van der Waals surface area contributed by atoms with E-state index >= 15 is 0 Å². The Balaban J connectivity index is 1.66. The molecule has 186 valence electrons. The monoisotopic (exact) mass is 498 g/mol. The van der Waals surface area contributed by atoms with E-state index in [-0.39, 0.29) is 11.8 Å². The molecule has 2 amide bonds. The van der Waals surface area contributed by atoms with Gasteiger partial charge < -0.3 is 10.2 Å². The molecule has 9 heteroatoms. The van der Waals surface area contributed by atoms with Crippen molar-refractivity contribution in [2.24, 2.45) is 0 Å². The summed E-state index contributed by atoms with van der Waals surface area (Å²) in [4.78, 5) is 17.5. The normalized spacial score (nSPS) is 21.2. The quantitative estimate of drug-likeness (QED) is 0.574. The van der Waals surface area contributed by atoms with Crippen molar-refractivity contribution >= 4 is 33.3 Å². The number of nitrogens with one attached hydrogen (secondary N) is 2. The minimum Gasteiger partial charge on any atom is -0.307 e. The molecule has 1 aromatic rings. The average molecular weight is 499 g/mol. The van der Waals surface area contributed by atoms with Crippen LogP contribution in [0.3, 0.4) is 0 Å². The van der Waals surface area contributed by atoms with E-state index in [1.165, 1.54) is 0 Å². The average Bonchev–Trinajstić information content (AvgIpc) is 3.25. The maximum Gasteiger partial charge on any atom is 0.332 e. The zero-order chi connectivity index (χ0) is 24.3. The highest BCUT2D eigenvalue weighted by Crippen LogP contribution is 2.35. The van der Waals surface area contributed by atoms with E-state index in [9.17, 15) is 13.2 Å². The Morgan fingerprint density at radius 2 is 1.64 bits per heavy atom. The topological polar surface area (TPSA) is 81.8 Å². The third-order valence-corrected chi connectivity index (χ3v) is 8.97. The van der Waals surface area contributed by atoms with Crippen LogP contribution >= 0.6 is 11.6 Å². The van der Waals surface area contributed by atoms with Crippen molar-refractivity contribution in [3.63, 3.8) is 0 Å². The number of hydrogen-bond donors (Lipinski definition) is 2. The van der Waals surface area contributed by atoms with Crippen molar-refractivity contribution in [3.05, 3.63) is 28.3 Å². The Bertz CT molecular complexity index is 914. The Labute approximate surface area is 204 Å². The van der Waals surface area contributed by atoms with Gasteiger partial charge >= 0.3 is 6.03 Å². The zero-order valence-corrected chi connectivity index (χ0v) is 22.1. The van der Waals surface area contributed by atoms with Gasteiger partial charge in [0.05, 0.1) is 5.25 Å². The van der Waals surface area contributed by atoms with E-state index in [1.54, 1.807) is 0 Å². The maximum absolute atomic E-state index is 13.0. The summed E-state index contributed by atoms with van der Waals surface area (Å²) in [5.74, 6) is 0.242. The molecule has 0 spiro atoms. The van der Waals surface area contributed by atoms with Gasteiger partial charge in [-0.2, -0.15) is 0 Å². The van der Waals surface area contributed by atoms with Gasteiger partial charge in [0.1, 0.15) is 0 Å². The Hall–Kier alpha value is -1.35. The summed E-state index contributed by atoms with van der Waals surface area (Å²) < 4.78 is 28.3. The summed E-state index contributed by atoms with van der Waals surface area (Å²) >= 11 is 6.30. The predicted molar refractivity (Wildman–Crippen MR) is 136 cm³/mol. The lowest BCUT2D eigenvalue weighted by molar-refractivity contribution is 0.131. The maximum atomic E-state index is 13.0. The summed E-state index contributed by atoms with van der Waals surface area (Å²) in [5, 5.41) is 2.86. The molecule has 1 aromatic carbocycles. The van der Waals surface area contributed by atoms with Crippen LogP contribution in [0.1, 0.15) is 76.8 Å². The molecular formula is C24H39ClN4O3S. The lowest BCUT2D eigenvalue weighted by Gasteiger charge is -2.36. The number of anilines is 1. The molecule has 0 saturated carbocycles. The highest BCUT2D eigenvalue weighted by atomic mass is 35.5. The van der Waals surface area contributed by atoms with Crippen LogP contribution in [0.2, 0.25) is 5.02 Å². The van der Waals surface area contributed by atoms with E-state index in [4.69, 9.17) is 11.6 Å². The van der Waals surface area contributed by atoms with E-state index in [0.29, 0.717) is 29.7 Å². The van der Waals surface area contributed by atoms with Crippen molar-refractivity contribution in [2.75, 3.05) is 38.0 Å². The summed E-state index contributed by atoms with van der Waals surface area (Å²) in [6.07, 6.45) is 2.69. The number of carbonyl (C=O) groups excluding carboxylic acids is 1. The third-order valence-electron chi connectivity index (χ3n) is 7.02. The molecule has 2 aliphatic rings. The molecule has 1 atom stereocenters. The fourth-order valence-corrected chi connectivity index (χ4v) is 6.51. The zero-order valence-electron chi connectivity index (χ0n) is 20.5. The number of benzene rings is 1. The molecule has 0 aromatic heterocycles. The Morgan fingerprint density at radius 3 is 2.15 bits per heavy atom. The fourth-order valence-electron chi connectivity index (χ4n) is 5.00. The van der Waals surface area contributed by atoms with Gasteiger partial charge in [-0.05, 0) is 80.5 Å². The van der Waals surface area contributed by atoms with Crippen LogP contribution in [-0.4, -0.2) is 68.3 Å². The van der Waals surface area contributed by atoms with E-state index in [0.717, 1.165) is 50.1 Å². The van der Waals surface area contributed by atoms with Crippen molar-refractivity contribution in [1.29, 1.82) is 0 Å². The summed E-state index contributed by atoms with van der Waals surface area (Å²) in [6, 6.07) is 3.39. The largest absolute Gasteiger partial charge is 0.332 e. The van der Waals surface area contributed by atoms with Crippen LogP contribution in [-0.2, 0) is 10.0 Å². The van der Waals surface area contributed by atoms with Gasteiger partial charge in [-0.3, -0.25) is 4.90 Å². The molecule has 2 heterocycles. The SMILES string of the molecule is CCN1CCC(N2CCC(S(=O)(=O)NC(=O)Nc3c(C(C)C)cc(Cl)cc3C(C)C)C2)CC1. The van der Waals surface area contributed by atoms with E-state index in [1.807, 2.05) is 39.8 Å². The third kappa shape index (κ3) is 6.41. The van der Waals surface area contributed by atoms with Crippen molar-refractivity contribution in [1.82, 2.24) is 14.5 Å². The summed E-state index contributed by atoms with van der Waals surface area (Å²) in [7, 11) is -3.78. The minimum absolute atomic E-state index is 0.121. The van der Waals surface area contributed by atoms with Gasteiger partial charge in [0.15, 0.2) is 0 Å². The predicted octanol–water partition coefficient (Wildman–Crippen LogP) is 4.60. The highest BCUT2D eigenvalue weighted by molar-refractivity contribution is 7.90. The van der Waals surface area contributed by atoms with E-state index < -0.39 is 21.3 Å². The number of piperidine rings is 1. The van der Waals surface area contributed by atoms with Crippen LogP contribution in [0.4, 0.5) is 10.5 Å². The minimum atomic E-state index is -3.78. The fraction of sp³-hybridized carbons (Fsp3) is 0.708. The van der Waals surface area contributed by atoms with E-state index in [2.05, 4.69) is 26.8 Å². The second-order valence-electron chi connectivity index (χ2n) is 9.94. The van der Waals surface area contributed by atoms with Crippen LogP contribution in [0.25, 0.3) is 0 Å². The number of nitrogens with zero attached hydrogens (tertiary/aromatic N) is 2. The molecular weight excluding hydrogens is 460 g/mol. The van der Waals surface area contributed by atoms with Crippen molar-refractivity contribution in [2.45, 2.75) is 77.0 Å². The molecule has 0 radical (unpaired) electrons.